The first-order valence-corrected chi connectivity index (χ1v) is 13.2. The van der Waals surface area contributed by atoms with Crippen molar-refractivity contribution in [3.05, 3.63) is 107 Å². The number of aryl methyl sites for hydroxylation is 3. The van der Waals surface area contributed by atoms with Gasteiger partial charge in [-0.3, -0.25) is 4.79 Å². The van der Waals surface area contributed by atoms with E-state index in [2.05, 4.69) is 5.32 Å². The van der Waals surface area contributed by atoms with E-state index >= 15 is 0 Å². The third-order valence-electron chi connectivity index (χ3n) is 7.52. The van der Waals surface area contributed by atoms with Crippen LogP contribution in [0.1, 0.15) is 32.7 Å². The summed E-state index contributed by atoms with van der Waals surface area (Å²) in [4.78, 5) is 30.1. The number of anilines is 1. The van der Waals surface area contributed by atoms with E-state index in [-0.39, 0.29) is 17.8 Å². The number of nitrogens with one attached hydrogen (secondary N) is 1. The molecule has 1 fully saturated rings. The van der Waals surface area contributed by atoms with Crippen molar-refractivity contribution >= 4 is 17.6 Å². The molecule has 1 aromatic heterocycles. The van der Waals surface area contributed by atoms with Gasteiger partial charge in [0.25, 0.3) is 5.91 Å². The third-order valence-corrected chi connectivity index (χ3v) is 7.52. The summed E-state index contributed by atoms with van der Waals surface area (Å²) in [5.41, 5.74) is 8.21. The van der Waals surface area contributed by atoms with E-state index in [0.29, 0.717) is 31.7 Å². The first-order chi connectivity index (χ1) is 18.7. The molecule has 0 spiro atoms. The van der Waals surface area contributed by atoms with Crippen LogP contribution >= 0.6 is 0 Å². The standard InChI is InChI=1S/C32H33FN4O2/c1-21-5-13-28(14-6-21)37-24(4)29(20-30(37)25-8-10-26(33)11-9-25)31(38)35-15-17-36(18-16-35)32(39)34-27-12-7-22(2)23(3)19-27/h5-14,19-20H,15-18H2,1-4H3,(H,34,39). The Morgan fingerprint density at radius 2 is 1.38 bits per heavy atom. The lowest BCUT2D eigenvalue weighted by Crippen LogP contribution is -2.51. The van der Waals surface area contributed by atoms with E-state index in [1.54, 1.807) is 21.9 Å². The van der Waals surface area contributed by atoms with Gasteiger partial charge in [0.1, 0.15) is 5.82 Å². The quantitative estimate of drug-likeness (QED) is 0.331. The first-order valence-electron chi connectivity index (χ1n) is 13.2. The summed E-state index contributed by atoms with van der Waals surface area (Å²) in [5, 5.41) is 2.97. The van der Waals surface area contributed by atoms with Gasteiger partial charge >= 0.3 is 6.03 Å². The van der Waals surface area contributed by atoms with Crippen molar-refractivity contribution in [2.75, 3.05) is 31.5 Å². The van der Waals surface area contributed by atoms with Crippen LogP contribution in [0.4, 0.5) is 14.9 Å². The molecule has 0 saturated carbocycles. The second kappa shape index (κ2) is 10.8. The number of urea groups is 1. The molecular formula is C32H33FN4O2. The predicted octanol–water partition coefficient (Wildman–Crippen LogP) is 6.51. The van der Waals surface area contributed by atoms with Crippen molar-refractivity contribution in [1.82, 2.24) is 14.4 Å². The second-order valence-corrected chi connectivity index (χ2v) is 10.2. The highest BCUT2D eigenvalue weighted by Crippen LogP contribution is 2.31. The Balaban J connectivity index is 1.35. The normalized spacial score (nSPS) is 13.5. The molecule has 0 bridgehead atoms. The lowest BCUT2D eigenvalue weighted by molar-refractivity contribution is 0.0671. The minimum absolute atomic E-state index is 0.0732. The Hall–Kier alpha value is -4.39. The van der Waals surface area contributed by atoms with E-state index in [9.17, 15) is 14.0 Å². The van der Waals surface area contributed by atoms with Crippen LogP contribution in [-0.2, 0) is 0 Å². The zero-order chi connectivity index (χ0) is 27.7. The van der Waals surface area contributed by atoms with E-state index in [1.165, 1.54) is 17.7 Å². The average molecular weight is 525 g/mol. The molecule has 1 saturated heterocycles. The van der Waals surface area contributed by atoms with Gasteiger partial charge in [-0.1, -0.05) is 23.8 Å². The van der Waals surface area contributed by atoms with E-state index < -0.39 is 0 Å². The Bertz CT molecular complexity index is 1520. The van der Waals surface area contributed by atoms with Crippen LogP contribution in [0.5, 0.6) is 0 Å². The summed E-state index contributed by atoms with van der Waals surface area (Å²) in [6.45, 7) is 9.81. The van der Waals surface area contributed by atoms with Crippen molar-refractivity contribution in [2.45, 2.75) is 27.7 Å². The van der Waals surface area contributed by atoms with Gasteiger partial charge in [0, 0.05) is 43.2 Å². The molecule has 4 aromatic rings. The fourth-order valence-electron chi connectivity index (χ4n) is 4.99. The average Bonchev–Trinajstić information content (AvgIpc) is 3.28. The Morgan fingerprint density at radius 3 is 2.03 bits per heavy atom. The maximum absolute atomic E-state index is 13.7. The molecule has 6 nitrogen and oxygen atoms in total. The zero-order valence-electron chi connectivity index (χ0n) is 22.8. The number of piperazine rings is 1. The molecule has 3 amide bonds. The van der Waals surface area contributed by atoms with E-state index in [1.807, 2.05) is 80.8 Å². The lowest BCUT2D eigenvalue weighted by Gasteiger charge is -2.34. The van der Waals surface area contributed by atoms with Gasteiger partial charge in [0.15, 0.2) is 0 Å². The fraction of sp³-hybridized carbons (Fsp3) is 0.250. The van der Waals surface area contributed by atoms with E-state index in [0.717, 1.165) is 39.5 Å². The summed E-state index contributed by atoms with van der Waals surface area (Å²) < 4.78 is 15.7. The van der Waals surface area contributed by atoms with Crippen molar-refractivity contribution in [1.29, 1.82) is 0 Å². The Morgan fingerprint density at radius 1 is 0.744 bits per heavy atom. The highest BCUT2D eigenvalue weighted by Gasteiger charge is 2.28. The Kier molecular flexibility index (Phi) is 7.24. The molecule has 7 heteroatoms. The van der Waals surface area contributed by atoms with Crippen molar-refractivity contribution in [3.63, 3.8) is 0 Å². The molecule has 0 atom stereocenters. The number of hydrogen-bond acceptors (Lipinski definition) is 2. The van der Waals surface area contributed by atoms with Gasteiger partial charge < -0.3 is 19.7 Å². The number of rotatable bonds is 4. The number of halogens is 1. The summed E-state index contributed by atoms with van der Waals surface area (Å²) in [5.74, 6) is -0.379. The number of carbonyl (C=O) groups excluding carboxylic acids is 2. The van der Waals surface area contributed by atoms with Crippen LogP contribution in [0.15, 0.2) is 72.8 Å². The van der Waals surface area contributed by atoms with Crippen LogP contribution in [0, 0.1) is 33.5 Å². The summed E-state index contributed by atoms with van der Waals surface area (Å²) >= 11 is 0. The van der Waals surface area contributed by atoms with Gasteiger partial charge in [-0.15, -0.1) is 0 Å². The second-order valence-electron chi connectivity index (χ2n) is 10.2. The fourth-order valence-corrected chi connectivity index (χ4v) is 4.99. The molecule has 5 rings (SSSR count). The molecule has 2 heterocycles. The number of carbonyl (C=O) groups is 2. The predicted molar refractivity (Wildman–Crippen MR) is 153 cm³/mol. The molecular weight excluding hydrogens is 491 g/mol. The SMILES string of the molecule is Cc1ccc(-n2c(-c3ccc(F)cc3)cc(C(=O)N3CCN(C(=O)Nc4ccc(C)c(C)c4)CC3)c2C)cc1. The highest BCUT2D eigenvalue weighted by atomic mass is 19.1. The maximum Gasteiger partial charge on any atom is 0.321 e. The highest BCUT2D eigenvalue weighted by molar-refractivity contribution is 5.97. The molecule has 200 valence electrons. The van der Waals surface area contributed by atoms with E-state index in [4.69, 9.17) is 0 Å². The lowest BCUT2D eigenvalue weighted by atomic mass is 10.1. The molecule has 3 aromatic carbocycles. The van der Waals surface area contributed by atoms with Crippen LogP contribution < -0.4 is 5.32 Å². The van der Waals surface area contributed by atoms with Crippen molar-refractivity contribution in [2.24, 2.45) is 0 Å². The first kappa shape index (κ1) is 26.2. The molecule has 1 aliphatic heterocycles. The van der Waals surface area contributed by atoms with Crippen LogP contribution in [-0.4, -0.2) is 52.5 Å². The molecule has 39 heavy (non-hydrogen) atoms. The van der Waals surface area contributed by atoms with Gasteiger partial charge in [-0.25, -0.2) is 9.18 Å². The van der Waals surface area contributed by atoms with Gasteiger partial charge in [-0.05, 0) is 99.0 Å². The zero-order valence-corrected chi connectivity index (χ0v) is 22.8. The molecule has 1 N–H and O–H groups in total. The molecule has 0 aliphatic carbocycles. The smallest absolute Gasteiger partial charge is 0.321 e. The number of aromatic nitrogens is 1. The maximum atomic E-state index is 13.7. The summed E-state index contributed by atoms with van der Waals surface area (Å²) in [7, 11) is 0. The largest absolute Gasteiger partial charge is 0.335 e. The summed E-state index contributed by atoms with van der Waals surface area (Å²) in [6, 6.07) is 22.0. The van der Waals surface area contributed by atoms with Crippen molar-refractivity contribution < 1.29 is 14.0 Å². The van der Waals surface area contributed by atoms with Gasteiger partial charge in [0.05, 0.1) is 11.3 Å². The minimum atomic E-state index is -0.306. The van der Waals surface area contributed by atoms with Gasteiger partial charge in [0.2, 0.25) is 0 Å². The Labute approximate surface area is 228 Å². The summed E-state index contributed by atoms with van der Waals surface area (Å²) in [6.07, 6.45) is 0. The monoisotopic (exact) mass is 524 g/mol. The van der Waals surface area contributed by atoms with Gasteiger partial charge in [-0.2, -0.15) is 0 Å². The minimum Gasteiger partial charge on any atom is -0.335 e. The number of hydrogen-bond donors (Lipinski definition) is 1. The number of nitrogens with zero attached hydrogens (tertiary/aromatic N) is 3. The van der Waals surface area contributed by atoms with Crippen LogP contribution in [0.2, 0.25) is 0 Å². The molecule has 0 unspecified atom stereocenters. The van der Waals surface area contributed by atoms with Crippen LogP contribution in [0.25, 0.3) is 16.9 Å². The number of benzene rings is 3. The topological polar surface area (TPSA) is 57.6 Å². The van der Waals surface area contributed by atoms with Crippen molar-refractivity contribution in [3.8, 4) is 16.9 Å². The third kappa shape index (κ3) is 5.43. The molecule has 1 aliphatic rings. The molecule has 0 radical (unpaired) electrons. The number of amides is 3. The van der Waals surface area contributed by atoms with Crippen LogP contribution in [0.3, 0.4) is 0 Å².